The van der Waals surface area contributed by atoms with Crippen LogP contribution in [0.5, 0.6) is 0 Å². The van der Waals surface area contributed by atoms with Crippen LogP contribution in [0, 0.1) is 5.92 Å². The molecule has 19 heavy (non-hydrogen) atoms. The molecule has 1 aromatic rings. The molecule has 1 saturated heterocycles. The fraction of sp³-hybridized carbons (Fsp3) is 0.800. The number of thioether (sulfide) groups is 1. The summed E-state index contributed by atoms with van der Waals surface area (Å²) in [5.74, 6) is 3.44. The van der Waals surface area contributed by atoms with Gasteiger partial charge in [0.05, 0.1) is 11.7 Å². The topological polar surface area (TPSA) is 29.9 Å². The van der Waals surface area contributed by atoms with Crippen molar-refractivity contribution in [2.24, 2.45) is 5.92 Å². The largest absolute Gasteiger partial charge is 0.316 e. The summed E-state index contributed by atoms with van der Waals surface area (Å²) in [5.41, 5.74) is 1.24. The third-order valence-electron chi connectivity index (χ3n) is 4.31. The minimum atomic E-state index is 0.559. The molecule has 0 aliphatic carbocycles. The number of nitrogens with one attached hydrogen (secondary N) is 1. The van der Waals surface area contributed by atoms with Gasteiger partial charge in [0.25, 0.3) is 0 Å². The van der Waals surface area contributed by atoms with E-state index in [-0.39, 0.29) is 0 Å². The Labute approximate surface area is 121 Å². The summed E-state index contributed by atoms with van der Waals surface area (Å²) in [5, 5.41) is 8.28. The molecule has 108 valence electrons. The predicted molar refractivity (Wildman–Crippen MR) is 83.8 cm³/mol. The van der Waals surface area contributed by atoms with Crippen molar-refractivity contribution in [2.75, 3.05) is 18.6 Å². The Kier molecular flexibility index (Phi) is 5.76. The minimum absolute atomic E-state index is 0.559. The van der Waals surface area contributed by atoms with Gasteiger partial charge in [-0.1, -0.05) is 13.8 Å². The molecule has 0 spiro atoms. The maximum Gasteiger partial charge on any atom is 0.0640 e. The highest BCUT2D eigenvalue weighted by molar-refractivity contribution is 7.99. The third kappa shape index (κ3) is 3.76. The van der Waals surface area contributed by atoms with Crippen LogP contribution in [-0.4, -0.2) is 34.4 Å². The molecule has 0 saturated carbocycles. The van der Waals surface area contributed by atoms with E-state index >= 15 is 0 Å². The lowest BCUT2D eigenvalue weighted by molar-refractivity contribution is 0.391. The first-order valence-electron chi connectivity index (χ1n) is 7.57. The maximum absolute atomic E-state index is 4.78. The second kappa shape index (κ2) is 7.34. The van der Waals surface area contributed by atoms with Gasteiger partial charge >= 0.3 is 0 Å². The van der Waals surface area contributed by atoms with Gasteiger partial charge in [-0.25, -0.2) is 0 Å². The van der Waals surface area contributed by atoms with Crippen molar-refractivity contribution in [1.82, 2.24) is 15.1 Å². The van der Waals surface area contributed by atoms with Crippen molar-refractivity contribution in [1.29, 1.82) is 0 Å². The number of nitrogens with zero attached hydrogens (tertiary/aromatic N) is 2. The van der Waals surface area contributed by atoms with E-state index in [1.54, 1.807) is 0 Å². The third-order valence-corrected chi connectivity index (χ3v) is 5.50. The molecule has 1 aromatic heterocycles. The molecule has 3 nitrogen and oxygen atoms in total. The van der Waals surface area contributed by atoms with E-state index in [2.05, 4.69) is 54.9 Å². The Morgan fingerprint density at radius 3 is 2.84 bits per heavy atom. The van der Waals surface area contributed by atoms with Crippen LogP contribution in [0.2, 0.25) is 0 Å². The first-order valence-corrected chi connectivity index (χ1v) is 8.73. The normalized spacial score (nSPS) is 21.2. The predicted octanol–water partition coefficient (Wildman–Crippen LogP) is 3.13. The summed E-state index contributed by atoms with van der Waals surface area (Å²) >= 11 is 2.09. The average Bonchev–Trinajstić information content (AvgIpc) is 3.09. The van der Waals surface area contributed by atoms with Crippen LogP contribution in [-0.2, 0) is 6.42 Å². The number of rotatable bonds is 7. The zero-order chi connectivity index (χ0) is 13.7. The van der Waals surface area contributed by atoms with Crippen molar-refractivity contribution < 1.29 is 0 Å². The lowest BCUT2D eigenvalue weighted by Crippen LogP contribution is -2.35. The van der Waals surface area contributed by atoms with E-state index in [0.29, 0.717) is 12.1 Å². The SMILES string of the molecule is CCC(CC)n1ccc(CC(NC)C2CCSC2)n1. The molecule has 1 fully saturated rings. The first-order chi connectivity index (χ1) is 9.28. The molecule has 0 bridgehead atoms. The van der Waals surface area contributed by atoms with Gasteiger partial charge in [0.15, 0.2) is 0 Å². The standard InChI is InChI=1S/C15H27N3S/c1-4-14(5-2)18-8-6-13(17-18)10-15(16-3)12-7-9-19-11-12/h6,8,12,14-16H,4-5,7,9-11H2,1-3H3. The molecule has 2 atom stereocenters. The molecule has 1 aliphatic rings. The molecule has 2 rings (SSSR count). The maximum atomic E-state index is 4.78. The van der Waals surface area contributed by atoms with Crippen molar-refractivity contribution >= 4 is 11.8 Å². The second-order valence-electron chi connectivity index (χ2n) is 5.48. The zero-order valence-electron chi connectivity index (χ0n) is 12.4. The van der Waals surface area contributed by atoms with Gasteiger partial charge in [-0.2, -0.15) is 16.9 Å². The van der Waals surface area contributed by atoms with Gasteiger partial charge < -0.3 is 5.32 Å². The molecule has 2 heterocycles. The molecule has 1 N–H and O–H groups in total. The van der Waals surface area contributed by atoms with Gasteiger partial charge in [-0.3, -0.25) is 4.68 Å². The van der Waals surface area contributed by atoms with Gasteiger partial charge in [0.2, 0.25) is 0 Å². The fourth-order valence-corrected chi connectivity index (χ4v) is 4.29. The van der Waals surface area contributed by atoms with E-state index in [1.165, 1.54) is 23.6 Å². The van der Waals surface area contributed by atoms with Crippen molar-refractivity contribution in [3.63, 3.8) is 0 Å². The van der Waals surface area contributed by atoms with E-state index < -0.39 is 0 Å². The molecule has 4 heteroatoms. The van der Waals surface area contributed by atoms with Crippen LogP contribution >= 0.6 is 11.8 Å². The Balaban J connectivity index is 1.97. The quantitative estimate of drug-likeness (QED) is 0.833. The first kappa shape index (κ1) is 14.9. The zero-order valence-corrected chi connectivity index (χ0v) is 13.2. The lowest BCUT2D eigenvalue weighted by Gasteiger charge is -2.21. The van der Waals surface area contributed by atoms with Crippen molar-refractivity contribution in [3.05, 3.63) is 18.0 Å². The molecule has 2 unspecified atom stereocenters. The van der Waals surface area contributed by atoms with Crippen LogP contribution in [0.4, 0.5) is 0 Å². The Bertz CT molecular complexity index is 367. The van der Waals surface area contributed by atoms with Gasteiger partial charge in [0, 0.05) is 18.7 Å². The van der Waals surface area contributed by atoms with Gasteiger partial charge in [-0.15, -0.1) is 0 Å². The number of hydrogen-bond donors (Lipinski definition) is 1. The van der Waals surface area contributed by atoms with Crippen molar-refractivity contribution in [3.8, 4) is 0 Å². The average molecular weight is 281 g/mol. The van der Waals surface area contributed by atoms with Crippen LogP contribution < -0.4 is 5.32 Å². The highest BCUT2D eigenvalue weighted by Crippen LogP contribution is 2.27. The summed E-state index contributed by atoms with van der Waals surface area (Å²) in [6, 6.07) is 3.34. The van der Waals surface area contributed by atoms with Crippen molar-refractivity contribution in [2.45, 2.75) is 51.6 Å². The summed E-state index contributed by atoms with van der Waals surface area (Å²) in [6.45, 7) is 4.48. The van der Waals surface area contributed by atoms with E-state index in [9.17, 15) is 0 Å². The van der Waals surface area contributed by atoms with E-state index in [1.807, 2.05) is 0 Å². The minimum Gasteiger partial charge on any atom is -0.316 e. The molecule has 0 amide bonds. The molecule has 1 aliphatic heterocycles. The summed E-state index contributed by atoms with van der Waals surface area (Å²) in [6.07, 6.45) is 6.89. The van der Waals surface area contributed by atoms with E-state index in [4.69, 9.17) is 5.10 Å². The molecule has 0 aromatic carbocycles. The lowest BCUT2D eigenvalue weighted by atomic mass is 9.95. The smallest absolute Gasteiger partial charge is 0.0640 e. The monoisotopic (exact) mass is 281 g/mol. The summed E-state index contributed by atoms with van der Waals surface area (Å²) in [4.78, 5) is 0. The summed E-state index contributed by atoms with van der Waals surface area (Å²) in [7, 11) is 2.09. The number of aromatic nitrogens is 2. The Hall–Kier alpha value is -0.480. The van der Waals surface area contributed by atoms with Gasteiger partial charge in [-0.05, 0) is 49.8 Å². The van der Waals surface area contributed by atoms with Crippen LogP contribution in [0.1, 0.15) is 44.8 Å². The summed E-state index contributed by atoms with van der Waals surface area (Å²) < 4.78 is 2.16. The van der Waals surface area contributed by atoms with Crippen LogP contribution in [0.25, 0.3) is 0 Å². The molecular formula is C15H27N3S. The number of hydrogen-bond acceptors (Lipinski definition) is 3. The second-order valence-corrected chi connectivity index (χ2v) is 6.63. The highest BCUT2D eigenvalue weighted by Gasteiger charge is 2.25. The van der Waals surface area contributed by atoms with Crippen LogP contribution in [0.3, 0.4) is 0 Å². The molecule has 0 radical (unpaired) electrons. The Morgan fingerprint density at radius 1 is 1.47 bits per heavy atom. The Morgan fingerprint density at radius 2 is 2.26 bits per heavy atom. The number of likely N-dealkylation sites (N-methyl/N-ethyl adjacent to an activating group) is 1. The van der Waals surface area contributed by atoms with E-state index in [0.717, 1.165) is 25.2 Å². The van der Waals surface area contributed by atoms with Crippen LogP contribution in [0.15, 0.2) is 12.3 Å². The molecular weight excluding hydrogens is 254 g/mol. The highest BCUT2D eigenvalue weighted by atomic mass is 32.2. The fourth-order valence-electron chi connectivity index (χ4n) is 2.95. The van der Waals surface area contributed by atoms with Gasteiger partial charge in [0.1, 0.15) is 0 Å².